The summed E-state index contributed by atoms with van der Waals surface area (Å²) in [5.41, 5.74) is 6.28. The molecule has 0 aliphatic rings. The molecule has 2 aromatic heterocycles. The monoisotopic (exact) mass is 499 g/mol. The highest BCUT2D eigenvalue weighted by atomic mass is 19.1. The van der Waals surface area contributed by atoms with Gasteiger partial charge in [-0.15, -0.1) is 0 Å². The first kappa shape index (κ1) is 26.3. The Bertz CT molecular complexity index is 1440. The van der Waals surface area contributed by atoms with Crippen LogP contribution >= 0.6 is 0 Å². The van der Waals surface area contributed by atoms with Crippen molar-refractivity contribution in [1.82, 2.24) is 14.5 Å². The molecule has 37 heavy (non-hydrogen) atoms. The number of benzene rings is 2. The first-order valence-corrected chi connectivity index (χ1v) is 13.0. The molecule has 0 fully saturated rings. The molecule has 0 saturated carbocycles. The number of unbranched alkanes of at least 4 members (excludes halogenated alkanes) is 1. The Kier molecular flexibility index (Phi) is 8.17. The largest absolute Gasteiger partial charge is 0.494 e. The molecule has 0 spiro atoms. The van der Waals surface area contributed by atoms with E-state index >= 15 is 0 Å². The van der Waals surface area contributed by atoms with Gasteiger partial charge >= 0.3 is 0 Å². The van der Waals surface area contributed by atoms with Gasteiger partial charge in [0.25, 0.3) is 5.56 Å². The van der Waals surface area contributed by atoms with E-state index in [0.29, 0.717) is 17.9 Å². The van der Waals surface area contributed by atoms with Gasteiger partial charge in [0, 0.05) is 24.1 Å². The summed E-state index contributed by atoms with van der Waals surface area (Å²) in [6.45, 7) is 8.06. The number of aromatic hydroxyl groups is 1. The Labute approximate surface area is 217 Å². The Morgan fingerprint density at radius 2 is 1.59 bits per heavy atom. The Morgan fingerprint density at radius 3 is 2.19 bits per heavy atom. The van der Waals surface area contributed by atoms with Crippen molar-refractivity contribution in [3.05, 3.63) is 105 Å². The van der Waals surface area contributed by atoms with Crippen LogP contribution in [-0.4, -0.2) is 19.6 Å². The Morgan fingerprint density at radius 1 is 0.919 bits per heavy atom. The third-order valence-corrected chi connectivity index (χ3v) is 6.87. The zero-order chi connectivity index (χ0) is 26.5. The molecule has 0 saturated heterocycles. The second kappa shape index (κ2) is 11.5. The summed E-state index contributed by atoms with van der Waals surface area (Å²) in [5.74, 6) is 0.0538. The van der Waals surface area contributed by atoms with Crippen LogP contribution < -0.4 is 5.56 Å². The quantitative estimate of drug-likeness (QED) is 0.267. The highest BCUT2D eigenvalue weighted by Crippen LogP contribution is 2.30. The second-order valence-electron chi connectivity index (χ2n) is 9.35. The number of aryl methyl sites for hydroxylation is 4. The van der Waals surface area contributed by atoms with Crippen molar-refractivity contribution < 1.29 is 9.50 Å². The van der Waals surface area contributed by atoms with E-state index in [0.717, 1.165) is 59.2 Å². The van der Waals surface area contributed by atoms with Gasteiger partial charge in [0.05, 0.1) is 11.3 Å². The maximum absolute atomic E-state index is 13.4. The van der Waals surface area contributed by atoms with E-state index in [4.69, 9.17) is 0 Å². The van der Waals surface area contributed by atoms with Crippen LogP contribution in [0.15, 0.2) is 59.4 Å². The van der Waals surface area contributed by atoms with Gasteiger partial charge in [-0.1, -0.05) is 69.7 Å². The van der Waals surface area contributed by atoms with Crippen molar-refractivity contribution in [2.75, 3.05) is 0 Å². The highest BCUT2D eigenvalue weighted by Gasteiger charge is 2.21. The van der Waals surface area contributed by atoms with Crippen LogP contribution in [0.25, 0.3) is 16.8 Å². The van der Waals surface area contributed by atoms with E-state index in [2.05, 4.69) is 42.9 Å². The fourth-order valence-electron chi connectivity index (χ4n) is 4.82. The van der Waals surface area contributed by atoms with Gasteiger partial charge in [0.15, 0.2) is 0 Å². The molecule has 0 aliphatic carbocycles. The fraction of sp³-hybridized carbons (Fsp3) is 0.323. The van der Waals surface area contributed by atoms with Crippen molar-refractivity contribution in [3.63, 3.8) is 0 Å². The molecule has 4 rings (SSSR count). The predicted molar refractivity (Wildman–Crippen MR) is 146 cm³/mol. The van der Waals surface area contributed by atoms with E-state index in [1.54, 1.807) is 13.0 Å². The first-order valence-electron chi connectivity index (χ1n) is 13.0. The molecule has 0 atom stereocenters. The predicted octanol–water partition coefficient (Wildman–Crippen LogP) is 6.51. The van der Waals surface area contributed by atoms with Crippen LogP contribution in [0.5, 0.6) is 5.88 Å². The SMILES string of the molecule is CCCCc1nc(=O)c(Cc2ccc(-c3ccc(F)nc3C)cc2)c(O)n1-c1c(CC)cccc1CC. The topological polar surface area (TPSA) is 68.0 Å². The number of halogens is 1. The average molecular weight is 500 g/mol. The molecule has 0 amide bonds. The van der Waals surface area contributed by atoms with Gasteiger partial charge in [0.2, 0.25) is 11.8 Å². The Balaban J connectivity index is 1.79. The zero-order valence-corrected chi connectivity index (χ0v) is 22.0. The minimum atomic E-state index is -0.504. The number of para-hydroxylation sites is 1. The molecular weight excluding hydrogens is 465 g/mol. The molecule has 5 nitrogen and oxygen atoms in total. The lowest BCUT2D eigenvalue weighted by Gasteiger charge is -2.22. The van der Waals surface area contributed by atoms with Crippen LogP contribution in [0.2, 0.25) is 0 Å². The molecular formula is C31H34FN3O2. The van der Waals surface area contributed by atoms with Gasteiger partial charge in [-0.3, -0.25) is 9.36 Å². The molecule has 0 aliphatic heterocycles. The highest BCUT2D eigenvalue weighted by molar-refractivity contribution is 5.66. The van der Waals surface area contributed by atoms with Gasteiger partial charge in [0.1, 0.15) is 5.82 Å². The lowest BCUT2D eigenvalue weighted by atomic mass is 9.99. The molecule has 0 unspecified atom stereocenters. The first-order chi connectivity index (χ1) is 17.9. The summed E-state index contributed by atoms with van der Waals surface area (Å²) in [5, 5.41) is 11.6. The van der Waals surface area contributed by atoms with Crippen LogP contribution in [0.1, 0.15) is 67.4 Å². The lowest BCUT2D eigenvalue weighted by molar-refractivity contribution is 0.421. The number of rotatable bonds is 9. The maximum Gasteiger partial charge on any atom is 0.280 e. The van der Waals surface area contributed by atoms with Gasteiger partial charge in [-0.2, -0.15) is 9.37 Å². The summed E-state index contributed by atoms with van der Waals surface area (Å²) >= 11 is 0. The van der Waals surface area contributed by atoms with Gasteiger partial charge < -0.3 is 5.11 Å². The molecule has 2 aromatic carbocycles. The fourth-order valence-corrected chi connectivity index (χ4v) is 4.82. The van der Waals surface area contributed by atoms with Crippen LogP contribution in [-0.2, 0) is 25.7 Å². The van der Waals surface area contributed by atoms with E-state index in [1.807, 2.05) is 34.9 Å². The van der Waals surface area contributed by atoms with E-state index in [1.165, 1.54) is 6.07 Å². The number of aromatic nitrogens is 3. The smallest absolute Gasteiger partial charge is 0.280 e. The summed E-state index contributed by atoms with van der Waals surface area (Å²) in [7, 11) is 0. The minimum absolute atomic E-state index is 0.0376. The van der Waals surface area contributed by atoms with Crippen molar-refractivity contribution in [2.24, 2.45) is 0 Å². The van der Waals surface area contributed by atoms with Crippen molar-refractivity contribution >= 4 is 0 Å². The van der Waals surface area contributed by atoms with Crippen molar-refractivity contribution in [1.29, 1.82) is 0 Å². The summed E-state index contributed by atoms with van der Waals surface area (Å²) in [6, 6.07) is 16.9. The van der Waals surface area contributed by atoms with Crippen molar-refractivity contribution in [3.8, 4) is 22.7 Å². The summed E-state index contributed by atoms with van der Waals surface area (Å²) in [4.78, 5) is 21.5. The van der Waals surface area contributed by atoms with Gasteiger partial charge in [-0.05, 0) is 60.6 Å². The Hall–Kier alpha value is -3.80. The summed E-state index contributed by atoms with van der Waals surface area (Å²) in [6.07, 6.45) is 4.31. The summed E-state index contributed by atoms with van der Waals surface area (Å²) < 4.78 is 15.2. The molecule has 192 valence electrons. The molecule has 1 N–H and O–H groups in total. The van der Waals surface area contributed by atoms with Crippen LogP contribution in [0, 0.1) is 12.9 Å². The second-order valence-corrected chi connectivity index (χ2v) is 9.35. The third kappa shape index (κ3) is 5.48. The van der Waals surface area contributed by atoms with Crippen molar-refractivity contribution in [2.45, 2.75) is 66.2 Å². The average Bonchev–Trinajstić information content (AvgIpc) is 2.90. The number of pyridine rings is 1. The van der Waals surface area contributed by atoms with E-state index in [-0.39, 0.29) is 17.9 Å². The van der Waals surface area contributed by atoms with E-state index in [9.17, 15) is 14.3 Å². The standard InChI is InChI=1S/C31H34FN3O2/c1-5-8-12-28-34-30(36)26(31(37)35(28)29-22(6-2)10-9-11-23(29)7-3)19-21-13-15-24(16-14-21)25-17-18-27(32)33-20(25)4/h9-11,13-18,37H,5-8,12,19H2,1-4H3. The lowest BCUT2D eigenvalue weighted by Crippen LogP contribution is -2.23. The van der Waals surface area contributed by atoms with Crippen LogP contribution in [0.4, 0.5) is 4.39 Å². The number of nitrogens with zero attached hydrogens (tertiary/aromatic N) is 3. The molecule has 6 heteroatoms. The normalized spacial score (nSPS) is 11.2. The van der Waals surface area contributed by atoms with Gasteiger partial charge in [-0.25, -0.2) is 4.98 Å². The molecule has 2 heterocycles. The zero-order valence-electron chi connectivity index (χ0n) is 22.0. The number of hydrogen-bond acceptors (Lipinski definition) is 4. The number of hydrogen-bond donors (Lipinski definition) is 1. The van der Waals surface area contributed by atoms with E-state index < -0.39 is 11.5 Å². The third-order valence-electron chi connectivity index (χ3n) is 6.87. The molecule has 0 radical (unpaired) electrons. The van der Waals surface area contributed by atoms with Crippen LogP contribution in [0.3, 0.4) is 0 Å². The minimum Gasteiger partial charge on any atom is -0.494 e. The molecule has 0 bridgehead atoms. The maximum atomic E-state index is 13.4. The molecule has 4 aromatic rings.